The number of nitrogens with zero attached hydrogens (tertiary/aromatic N) is 1. The summed E-state index contributed by atoms with van der Waals surface area (Å²) in [6.45, 7) is 0. The summed E-state index contributed by atoms with van der Waals surface area (Å²) in [5.74, 6) is 0.137. The van der Waals surface area contributed by atoms with Crippen molar-refractivity contribution in [3.05, 3.63) is 47.1 Å². The Morgan fingerprint density at radius 2 is 2.11 bits per heavy atom. The molecule has 0 aliphatic carbocycles. The molecular formula is C13H11ClN2O3. The molecule has 0 radical (unpaired) electrons. The van der Waals surface area contributed by atoms with Crippen LogP contribution >= 0.6 is 11.6 Å². The second-order valence-electron chi connectivity index (χ2n) is 3.67. The van der Waals surface area contributed by atoms with Crippen LogP contribution in [0, 0.1) is 0 Å². The maximum absolute atomic E-state index is 11.4. The van der Waals surface area contributed by atoms with Gasteiger partial charge >= 0.3 is 5.97 Å². The first-order chi connectivity index (χ1) is 9.10. The fourth-order valence-electron chi connectivity index (χ4n) is 1.42. The molecule has 0 aliphatic heterocycles. The summed E-state index contributed by atoms with van der Waals surface area (Å²) in [5.41, 5.74) is 6.51. The lowest BCUT2D eigenvalue weighted by Crippen LogP contribution is -2.01. The van der Waals surface area contributed by atoms with E-state index in [2.05, 4.69) is 9.72 Å². The highest BCUT2D eigenvalue weighted by molar-refractivity contribution is 6.32. The molecule has 98 valence electrons. The Kier molecular flexibility index (Phi) is 3.87. The lowest BCUT2D eigenvalue weighted by Gasteiger charge is -2.08. The van der Waals surface area contributed by atoms with Crippen LogP contribution in [0.3, 0.4) is 0 Å². The Hall–Kier alpha value is -2.27. The predicted molar refractivity (Wildman–Crippen MR) is 71.5 cm³/mol. The number of ether oxygens (including phenoxy) is 2. The number of nitrogen functional groups attached to an aromatic ring is 1. The Bertz CT molecular complexity index is 617. The second-order valence-corrected chi connectivity index (χ2v) is 4.07. The number of halogens is 1. The molecule has 0 atom stereocenters. The molecule has 0 saturated carbocycles. The van der Waals surface area contributed by atoms with Crippen LogP contribution in [0.2, 0.25) is 5.02 Å². The van der Waals surface area contributed by atoms with E-state index >= 15 is 0 Å². The van der Waals surface area contributed by atoms with Crippen LogP contribution in [0.4, 0.5) is 5.69 Å². The van der Waals surface area contributed by atoms with Gasteiger partial charge in [0, 0.05) is 24.0 Å². The molecular weight excluding hydrogens is 268 g/mol. The molecule has 1 aromatic carbocycles. The Labute approximate surface area is 114 Å². The van der Waals surface area contributed by atoms with Crippen molar-refractivity contribution >= 4 is 23.3 Å². The summed E-state index contributed by atoms with van der Waals surface area (Å²) < 4.78 is 10.1. The van der Waals surface area contributed by atoms with Crippen molar-refractivity contribution in [3.8, 4) is 11.6 Å². The zero-order valence-electron chi connectivity index (χ0n) is 10.1. The first-order valence-electron chi connectivity index (χ1n) is 5.37. The monoisotopic (exact) mass is 278 g/mol. The predicted octanol–water partition coefficient (Wildman–Crippen LogP) is 2.90. The van der Waals surface area contributed by atoms with Crippen LogP contribution in [-0.2, 0) is 4.74 Å². The molecule has 2 aromatic rings. The molecule has 0 bridgehead atoms. The zero-order valence-corrected chi connectivity index (χ0v) is 10.8. The van der Waals surface area contributed by atoms with Gasteiger partial charge in [-0.2, -0.15) is 0 Å². The van der Waals surface area contributed by atoms with Crippen LogP contribution in [-0.4, -0.2) is 18.1 Å². The van der Waals surface area contributed by atoms with E-state index in [4.69, 9.17) is 22.1 Å². The molecule has 1 heterocycles. The number of esters is 1. The fraction of sp³-hybridized carbons (Fsp3) is 0.0769. The van der Waals surface area contributed by atoms with Crippen molar-refractivity contribution < 1.29 is 14.3 Å². The summed E-state index contributed by atoms with van der Waals surface area (Å²) in [4.78, 5) is 15.4. The number of hydrogen-bond donors (Lipinski definition) is 1. The van der Waals surface area contributed by atoms with E-state index < -0.39 is 5.97 Å². The van der Waals surface area contributed by atoms with Gasteiger partial charge in [0.15, 0.2) is 0 Å². The van der Waals surface area contributed by atoms with Crippen LogP contribution in [0.5, 0.6) is 11.6 Å². The SMILES string of the molecule is COC(=O)c1ccnc(Oc2cc(N)ccc2Cl)c1. The van der Waals surface area contributed by atoms with Crippen molar-refractivity contribution in [2.24, 2.45) is 0 Å². The van der Waals surface area contributed by atoms with Crippen LogP contribution in [0.25, 0.3) is 0 Å². The summed E-state index contributed by atoms with van der Waals surface area (Å²) >= 11 is 5.98. The minimum Gasteiger partial charge on any atom is -0.465 e. The molecule has 1 aromatic heterocycles. The molecule has 0 spiro atoms. The molecule has 0 unspecified atom stereocenters. The van der Waals surface area contributed by atoms with Crippen molar-refractivity contribution in [3.63, 3.8) is 0 Å². The van der Waals surface area contributed by atoms with Crippen LogP contribution in [0.15, 0.2) is 36.5 Å². The smallest absolute Gasteiger partial charge is 0.338 e. The number of methoxy groups -OCH3 is 1. The summed E-state index contributed by atoms with van der Waals surface area (Å²) in [7, 11) is 1.30. The standard InChI is InChI=1S/C13H11ClN2O3/c1-18-13(17)8-4-5-16-12(6-8)19-11-7-9(15)2-3-10(11)14/h2-7H,15H2,1H3. The van der Waals surface area contributed by atoms with Gasteiger partial charge in [-0.05, 0) is 18.2 Å². The average molecular weight is 279 g/mol. The lowest BCUT2D eigenvalue weighted by molar-refractivity contribution is 0.0600. The number of benzene rings is 1. The zero-order chi connectivity index (χ0) is 13.8. The van der Waals surface area contributed by atoms with Crippen molar-refractivity contribution in [2.75, 3.05) is 12.8 Å². The van der Waals surface area contributed by atoms with E-state index in [1.165, 1.54) is 25.4 Å². The van der Waals surface area contributed by atoms with Gasteiger partial charge in [0.1, 0.15) is 5.75 Å². The Morgan fingerprint density at radius 1 is 1.32 bits per heavy atom. The van der Waals surface area contributed by atoms with Crippen molar-refractivity contribution in [2.45, 2.75) is 0 Å². The number of hydrogen-bond acceptors (Lipinski definition) is 5. The molecule has 5 nitrogen and oxygen atoms in total. The van der Waals surface area contributed by atoms with E-state index in [9.17, 15) is 4.79 Å². The van der Waals surface area contributed by atoms with E-state index in [0.717, 1.165) is 0 Å². The highest BCUT2D eigenvalue weighted by Gasteiger charge is 2.09. The minimum absolute atomic E-state index is 0.232. The molecule has 2 rings (SSSR count). The topological polar surface area (TPSA) is 74.4 Å². The van der Waals surface area contributed by atoms with Gasteiger partial charge in [0.25, 0.3) is 0 Å². The number of anilines is 1. The second kappa shape index (κ2) is 5.58. The van der Waals surface area contributed by atoms with Crippen molar-refractivity contribution in [1.82, 2.24) is 4.98 Å². The Balaban J connectivity index is 2.28. The molecule has 0 aliphatic rings. The van der Waals surface area contributed by atoms with E-state index in [-0.39, 0.29) is 5.88 Å². The maximum atomic E-state index is 11.4. The third-order valence-electron chi connectivity index (χ3n) is 2.33. The molecule has 19 heavy (non-hydrogen) atoms. The van der Waals surface area contributed by atoms with E-state index in [1.54, 1.807) is 18.2 Å². The highest BCUT2D eigenvalue weighted by atomic mass is 35.5. The fourth-order valence-corrected chi connectivity index (χ4v) is 1.58. The number of nitrogens with two attached hydrogens (primary N) is 1. The first kappa shape index (κ1) is 13.2. The third kappa shape index (κ3) is 3.14. The maximum Gasteiger partial charge on any atom is 0.338 e. The summed E-state index contributed by atoms with van der Waals surface area (Å²) in [6, 6.07) is 7.85. The van der Waals surface area contributed by atoms with Gasteiger partial charge in [0.2, 0.25) is 5.88 Å². The third-order valence-corrected chi connectivity index (χ3v) is 2.64. The first-order valence-corrected chi connectivity index (χ1v) is 5.75. The number of rotatable bonds is 3. The van der Waals surface area contributed by atoms with Gasteiger partial charge in [-0.3, -0.25) is 0 Å². The quantitative estimate of drug-likeness (QED) is 0.690. The van der Waals surface area contributed by atoms with Crippen LogP contribution in [0.1, 0.15) is 10.4 Å². The molecule has 0 fully saturated rings. The molecule has 0 saturated heterocycles. The summed E-state index contributed by atoms with van der Waals surface area (Å²) in [6.07, 6.45) is 1.45. The molecule has 0 amide bonds. The van der Waals surface area contributed by atoms with Crippen molar-refractivity contribution in [1.29, 1.82) is 0 Å². The largest absolute Gasteiger partial charge is 0.465 e. The van der Waals surface area contributed by atoms with E-state index in [0.29, 0.717) is 22.0 Å². The average Bonchev–Trinajstić information content (AvgIpc) is 2.42. The van der Waals surface area contributed by atoms with Crippen LogP contribution < -0.4 is 10.5 Å². The number of pyridine rings is 1. The Morgan fingerprint density at radius 3 is 2.84 bits per heavy atom. The highest BCUT2D eigenvalue weighted by Crippen LogP contribution is 2.30. The molecule has 2 N–H and O–H groups in total. The molecule has 6 heteroatoms. The minimum atomic E-state index is -0.467. The van der Waals surface area contributed by atoms with Gasteiger partial charge in [-0.15, -0.1) is 0 Å². The number of carbonyl (C=O) groups is 1. The normalized spacial score (nSPS) is 10.0. The van der Waals surface area contributed by atoms with Gasteiger partial charge in [-0.1, -0.05) is 11.6 Å². The number of carbonyl (C=O) groups excluding carboxylic acids is 1. The number of aromatic nitrogens is 1. The van der Waals surface area contributed by atoms with E-state index in [1.807, 2.05) is 0 Å². The summed E-state index contributed by atoms with van der Waals surface area (Å²) in [5, 5.41) is 0.402. The van der Waals surface area contributed by atoms with Gasteiger partial charge < -0.3 is 15.2 Å². The van der Waals surface area contributed by atoms with Gasteiger partial charge in [-0.25, -0.2) is 9.78 Å². The van der Waals surface area contributed by atoms with Gasteiger partial charge in [0.05, 0.1) is 17.7 Å². The lowest BCUT2D eigenvalue weighted by atomic mass is 10.2.